The average molecular weight is 322 g/mol. The number of aromatic nitrogens is 2. The topological polar surface area (TPSA) is 56.1 Å². The smallest absolute Gasteiger partial charge is 0.261 e. The minimum absolute atomic E-state index is 0.104. The zero-order valence-corrected chi connectivity index (χ0v) is 13.3. The first-order valence-electron chi connectivity index (χ1n) is 7.34. The predicted octanol–water partition coefficient (Wildman–Crippen LogP) is 2.90. The molecule has 1 N–H and O–H groups in total. The molecule has 1 amide bonds. The predicted molar refractivity (Wildman–Crippen MR) is 86.0 cm³/mol. The SMILES string of the molecule is CC[C@H](Oc1cccc(Cl)c1)C(=O)NCCCn1ccnc1. The van der Waals surface area contributed by atoms with Gasteiger partial charge in [0.15, 0.2) is 6.10 Å². The Balaban J connectivity index is 1.76. The number of aryl methyl sites for hydroxylation is 1. The van der Waals surface area contributed by atoms with E-state index in [1.807, 2.05) is 17.7 Å². The molecular formula is C16H20ClN3O2. The first-order chi connectivity index (χ1) is 10.7. The molecule has 0 fully saturated rings. The summed E-state index contributed by atoms with van der Waals surface area (Å²) in [6, 6.07) is 7.07. The Hall–Kier alpha value is -2.01. The highest BCUT2D eigenvalue weighted by Crippen LogP contribution is 2.19. The molecule has 1 atom stereocenters. The molecule has 0 aliphatic rings. The number of hydrogen-bond acceptors (Lipinski definition) is 3. The van der Waals surface area contributed by atoms with Crippen LogP contribution in [0.4, 0.5) is 0 Å². The zero-order chi connectivity index (χ0) is 15.8. The number of rotatable bonds is 8. The molecule has 0 saturated carbocycles. The number of hydrogen-bond donors (Lipinski definition) is 1. The molecule has 2 aromatic rings. The summed E-state index contributed by atoms with van der Waals surface area (Å²) in [6.45, 7) is 3.35. The monoisotopic (exact) mass is 321 g/mol. The van der Waals surface area contributed by atoms with E-state index in [1.54, 1.807) is 36.8 Å². The maximum atomic E-state index is 12.1. The summed E-state index contributed by atoms with van der Waals surface area (Å²) >= 11 is 5.91. The molecule has 0 aliphatic heterocycles. The van der Waals surface area contributed by atoms with Crippen molar-refractivity contribution in [3.63, 3.8) is 0 Å². The van der Waals surface area contributed by atoms with Gasteiger partial charge in [-0.05, 0) is 31.0 Å². The fourth-order valence-corrected chi connectivity index (χ4v) is 2.21. The van der Waals surface area contributed by atoms with Crippen LogP contribution in [0.25, 0.3) is 0 Å². The van der Waals surface area contributed by atoms with Crippen LogP contribution in [0, 0.1) is 0 Å². The van der Waals surface area contributed by atoms with Gasteiger partial charge < -0.3 is 14.6 Å². The Bertz CT molecular complexity index is 587. The van der Waals surface area contributed by atoms with Crippen LogP contribution in [0.15, 0.2) is 43.0 Å². The maximum absolute atomic E-state index is 12.1. The summed E-state index contributed by atoms with van der Waals surface area (Å²) < 4.78 is 7.68. The van der Waals surface area contributed by atoms with Gasteiger partial charge in [0.05, 0.1) is 6.33 Å². The van der Waals surface area contributed by atoms with Crippen molar-refractivity contribution in [2.75, 3.05) is 6.54 Å². The van der Waals surface area contributed by atoms with E-state index in [9.17, 15) is 4.79 Å². The van der Waals surface area contributed by atoms with Crippen LogP contribution in [0.3, 0.4) is 0 Å². The van der Waals surface area contributed by atoms with Crippen LogP contribution in [-0.2, 0) is 11.3 Å². The quantitative estimate of drug-likeness (QED) is 0.761. The van der Waals surface area contributed by atoms with Gasteiger partial charge in [-0.2, -0.15) is 0 Å². The van der Waals surface area contributed by atoms with E-state index in [0.717, 1.165) is 13.0 Å². The number of amides is 1. The van der Waals surface area contributed by atoms with Crippen LogP contribution in [0.5, 0.6) is 5.75 Å². The van der Waals surface area contributed by atoms with Crippen molar-refractivity contribution in [2.24, 2.45) is 0 Å². The van der Waals surface area contributed by atoms with E-state index in [0.29, 0.717) is 23.7 Å². The number of nitrogens with one attached hydrogen (secondary N) is 1. The van der Waals surface area contributed by atoms with Crippen LogP contribution >= 0.6 is 11.6 Å². The van der Waals surface area contributed by atoms with Crippen molar-refractivity contribution >= 4 is 17.5 Å². The van der Waals surface area contributed by atoms with Gasteiger partial charge in [-0.15, -0.1) is 0 Å². The molecule has 0 spiro atoms. The number of nitrogens with zero attached hydrogens (tertiary/aromatic N) is 2. The summed E-state index contributed by atoms with van der Waals surface area (Å²) in [4.78, 5) is 16.1. The standard InChI is InChI=1S/C16H20ClN3O2/c1-2-15(22-14-6-3-5-13(17)11-14)16(21)19-7-4-9-20-10-8-18-12-20/h3,5-6,8,10-12,15H,2,4,7,9H2,1H3,(H,19,21)/t15-/m0/s1. The summed E-state index contributed by atoms with van der Waals surface area (Å²) in [6.07, 6.45) is 6.34. The average Bonchev–Trinajstić information content (AvgIpc) is 3.02. The fraction of sp³-hybridized carbons (Fsp3) is 0.375. The second-order valence-electron chi connectivity index (χ2n) is 4.92. The molecule has 118 valence electrons. The van der Waals surface area contributed by atoms with Gasteiger partial charge in [0.1, 0.15) is 5.75 Å². The Kier molecular flexibility index (Phi) is 6.27. The number of halogens is 1. The van der Waals surface area contributed by atoms with Crippen molar-refractivity contribution in [3.05, 3.63) is 48.0 Å². The van der Waals surface area contributed by atoms with E-state index in [-0.39, 0.29) is 5.91 Å². The van der Waals surface area contributed by atoms with Crippen molar-refractivity contribution < 1.29 is 9.53 Å². The van der Waals surface area contributed by atoms with Crippen LogP contribution < -0.4 is 10.1 Å². The van der Waals surface area contributed by atoms with Crippen LogP contribution in [0.2, 0.25) is 5.02 Å². The third-order valence-corrected chi connectivity index (χ3v) is 3.42. The first-order valence-corrected chi connectivity index (χ1v) is 7.72. The molecular weight excluding hydrogens is 302 g/mol. The molecule has 0 aliphatic carbocycles. The summed E-state index contributed by atoms with van der Waals surface area (Å²) in [5, 5.41) is 3.49. The largest absolute Gasteiger partial charge is 0.481 e. The molecule has 0 radical (unpaired) electrons. The number of ether oxygens (including phenoxy) is 1. The number of benzene rings is 1. The van der Waals surface area contributed by atoms with E-state index < -0.39 is 6.10 Å². The van der Waals surface area contributed by atoms with Crippen molar-refractivity contribution in [1.82, 2.24) is 14.9 Å². The molecule has 0 unspecified atom stereocenters. The lowest BCUT2D eigenvalue weighted by molar-refractivity contribution is -0.128. The molecule has 1 heterocycles. The third-order valence-electron chi connectivity index (χ3n) is 3.19. The Labute approximate surface area is 135 Å². The molecule has 22 heavy (non-hydrogen) atoms. The highest BCUT2D eigenvalue weighted by atomic mass is 35.5. The van der Waals surface area contributed by atoms with E-state index in [4.69, 9.17) is 16.3 Å². The third kappa shape index (κ3) is 5.07. The van der Waals surface area contributed by atoms with Crippen molar-refractivity contribution in [1.29, 1.82) is 0 Å². The molecule has 5 nitrogen and oxygen atoms in total. The lowest BCUT2D eigenvalue weighted by Crippen LogP contribution is -2.38. The van der Waals surface area contributed by atoms with Gasteiger partial charge in [-0.25, -0.2) is 4.98 Å². The molecule has 0 bridgehead atoms. The summed E-state index contributed by atoms with van der Waals surface area (Å²) in [5.74, 6) is 0.501. The highest BCUT2D eigenvalue weighted by molar-refractivity contribution is 6.30. The Morgan fingerprint density at radius 3 is 3.05 bits per heavy atom. The number of carbonyl (C=O) groups is 1. The van der Waals surface area contributed by atoms with Gasteiger partial charge in [0.25, 0.3) is 5.91 Å². The van der Waals surface area contributed by atoms with Crippen molar-refractivity contribution in [3.8, 4) is 5.75 Å². The summed E-state index contributed by atoms with van der Waals surface area (Å²) in [5.41, 5.74) is 0. The van der Waals surface area contributed by atoms with Crippen LogP contribution in [-0.4, -0.2) is 28.1 Å². The first kappa shape index (κ1) is 16.4. The molecule has 1 aromatic carbocycles. The molecule has 6 heteroatoms. The number of carbonyl (C=O) groups excluding carboxylic acids is 1. The minimum Gasteiger partial charge on any atom is -0.481 e. The molecule has 1 aromatic heterocycles. The van der Waals surface area contributed by atoms with Gasteiger partial charge in [-0.3, -0.25) is 4.79 Å². The highest BCUT2D eigenvalue weighted by Gasteiger charge is 2.17. The zero-order valence-electron chi connectivity index (χ0n) is 12.5. The van der Waals surface area contributed by atoms with Gasteiger partial charge in [0, 0.05) is 30.5 Å². The summed E-state index contributed by atoms with van der Waals surface area (Å²) in [7, 11) is 0. The van der Waals surface area contributed by atoms with E-state index in [2.05, 4.69) is 10.3 Å². The minimum atomic E-state index is -0.508. The maximum Gasteiger partial charge on any atom is 0.261 e. The van der Waals surface area contributed by atoms with Gasteiger partial charge >= 0.3 is 0 Å². The second kappa shape index (κ2) is 8.44. The molecule has 2 rings (SSSR count). The number of imidazole rings is 1. The normalized spacial score (nSPS) is 11.9. The fourth-order valence-electron chi connectivity index (χ4n) is 2.03. The van der Waals surface area contributed by atoms with E-state index >= 15 is 0 Å². The lowest BCUT2D eigenvalue weighted by atomic mass is 10.2. The van der Waals surface area contributed by atoms with Crippen LogP contribution in [0.1, 0.15) is 19.8 Å². The van der Waals surface area contributed by atoms with Crippen molar-refractivity contribution in [2.45, 2.75) is 32.4 Å². The Morgan fingerprint density at radius 1 is 1.50 bits per heavy atom. The second-order valence-corrected chi connectivity index (χ2v) is 5.35. The van der Waals surface area contributed by atoms with Gasteiger partial charge in [-0.1, -0.05) is 24.6 Å². The van der Waals surface area contributed by atoms with Gasteiger partial charge in [0.2, 0.25) is 0 Å². The lowest BCUT2D eigenvalue weighted by Gasteiger charge is -2.17. The van der Waals surface area contributed by atoms with E-state index in [1.165, 1.54) is 0 Å². The Morgan fingerprint density at radius 2 is 2.36 bits per heavy atom. The molecule has 0 saturated heterocycles.